The Morgan fingerprint density at radius 1 is 0.976 bits per heavy atom. The summed E-state index contributed by atoms with van der Waals surface area (Å²) in [6, 6.07) is 21.8. The van der Waals surface area contributed by atoms with E-state index in [2.05, 4.69) is 50.4 Å². The van der Waals surface area contributed by atoms with Crippen LogP contribution in [0.2, 0.25) is 0 Å². The van der Waals surface area contributed by atoms with Gasteiger partial charge in [0.2, 0.25) is 0 Å². The van der Waals surface area contributed by atoms with E-state index < -0.39 is 5.97 Å². The molecular weight excluding hydrogens is 526 g/mol. The van der Waals surface area contributed by atoms with E-state index in [1.165, 1.54) is 10.5 Å². The molecule has 42 heavy (non-hydrogen) atoms. The number of hydrogen-bond acceptors (Lipinski definition) is 4. The van der Waals surface area contributed by atoms with Crippen LogP contribution in [0.25, 0.3) is 11.1 Å². The van der Waals surface area contributed by atoms with Crippen molar-refractivity contribution < 1.29 is 19.4 Å². The highest BCUT2D eigenvalue weighted by molar-refractivity contribution is 5.95. The van der Waals surface area contributed by atoms with Crippen LogP contribution in [-0.4, -0.2) is 40.5 Å². The highest BCUT2D eigenvalue weighted by atomic mass is 16.5. The molecule has 0 aliphatic heterocycles. The maximum Gasteiger partial charge on any atom is 0.323 e. The zero-order chi connectivity index (χ0) is 30.9. The minimum absolute atomic E-state index is 0.0501. The van der Waals surface area contributed by atoms with Gasteiger partial charge in [-0.25, -0.2) is 4.79 Å². The summed E-state index contributed by atoms with van der Waals surface area (Å²) in [4.78, 5) is 25.8. The van der Waals surface area contributed by atoms with Gasteiger partial charge in [-0.15, -0.1) is 0 Å². The van der Waals surface area contributed by atoms with Crippen LogP contribution < -0.4 is 10.1 Å². The fourth-order valence-electron chi connectivity index (χ4n) is 4.78. The van der Waals surface area contributed by atoms with Gasteiger partial charge in [0.05, 0.1) is 12.5 Å². The highest BCUT2D eigenvalue weighted by Crippen LogP contribution is 2.29. The lowest BCUT2D eigenvalue weighted by molar-refractivity contribution is -0.136. The first-order valence-corrected chi connectivity index (χ1v) is 14.7. The van der Waals surface area contributed by atoms with Crippen LogP contribution in [0.1, 0.15) is 76.6 Å². The van der Waals surface area contributed by atoms with Crippen molar-refractivity contribution in [3.05, 3.63) is 89.0 Å². The number of ether oxygens (including phenoxy) is 1. The van der Waals surface area contributed by atoms with Crippen molar-refractivity contribution in [1.29, 1.82) is 5.41 Å². The lowest BCUT2D eigenvalue weighted by Crippen LogP contribution is -2.43. The number of benzene rings is 3. The SMILES string of the molecule is CCN(C(=N)CCCc1cccc(-c2ccc(OC(C)C)c(CC(=O)O)c2)c1)C(=O)NCc1ccc(C(C)(C)C)cc1. The molecule has 2 amide bonds. The molecule has 3 aromatic rings. The summed E-state index contributed by atoms with van der Waals surface area (Å²) in [6.45, 7) is 13.1. The molecular formula is C35H45N3O4. The molecule has 3 aromatic carbocycles. The summed E-state index contributed by atoms with van der Waals surface area (Å²) < 4.78 is 5.82. The van der Waals surface area contributed by atoms with Crippen LogP contribution >= 0.6 is 0 Å². The summed E-state index contributed by atoms with van der Waals surface area (Å²) in [7, 11) is 0. The van der Waals surface area contributed by atoms with Gasteiger partial charge in [0, 0.05) is 25.1 Å². The monoisotopic (exact) mass is 571 g/mol. The standard InChI is InChI=1S/C35H45N3O4/c1-7-38(34(41)37-23-26-14-17-30(18-15-26)35(4,5)6)32(36)13-9-11-25-10-8-12-27(20-25)28-16-19-31(42-24(2)3)29(21-28)22-33(39)40/h8,10,12,14-21,24,36H,7,9,11,13,22-23H2,1-6H3,(H,37,41)(H,39,40). The number of aryl methyl sites for hydroxylation is 1. The van der Waals surface area contributed by atoms with Gasteiger partial charge < -0.3 is 15.2 Å². The minimum atomic E-state index is -0.901. The summed E-state index contributed by atoms with van der Waals surface area (Å²) in [5, 5.41) is 20.9. The molecule has 3 rings (SSSR count). The normalized spacial score (nSPS) is 11.3. The molecule has 7 heteroatoms. The van der Waals surface area contributed by atoms with Gasteiger partial charge >= 0.3 is 12.0 Å². The molecule has 0 aliphatic rings. The number of amides is 2. The quantitative estimate of drug-likeness (QED) is 0.154. The van der Waals surface area contributed by atoms with Gasteiger partial charge in [-0.3, -0.25) is 15.1 Å². The predicted octanol–water partition coefficient (Wildman–Crippen LogP) is 7.60. The van der Waals surface area contributed by atoms with Crippen molar-refractivity contribution in [3.8, 4) is 16.9 Å². The number of carboxylic acid groups (broad SMARTS) is 1. The van der Waals surface area contributed by atoms with E-state index in [1.807, 2.05) is 63.2 Å². The number of amidine groups is 1. The van der Waals surface area contributed by atoms with E-state index in [-0.39, 0.29) is 24.0 Å². The molecule has 0 aromatic heterocycles. The van der Waals surface area contributed by atoms with E-state index in [0.717, 1.165) is 35.1 Å². The molecule has 0 saturated heterocycles. The second-order valence-corrected chi connectivity index (χ2v) is 11.9. The topological polar surface area (TPSA) is 103 Å². The number of nitrogens with one attached hydrogen (secondary N) is 2. The van der Waals surface area contributed by atoms with Crippen LogP contribution in [0.3, 0.4) is 0 Å². The van der Waals surface area contributed by atoms with Crippen molar-refractivity contribution in [2.45, 2.75) is 85.3 Å². The van der Waals surface area contributed by atoms with Crippen LogP contribution in [-0.2, 0) is 29.6 Å². The molecule has 7 nitrogen and oxygen atoms in total. The predicted molar refractivity (Wildman–Crippen MR) is 169 cm³/mol. The van der Waals surface area contributed by atoms with Gasteiger partial charge in [0.25, 0.3) is 0 Å². The average molecular weight is 572 g/mol. The maximum atomic E-state index is 12.9. The Labute approximate surface area is 250 Å². The van der Waals surface area contributed by atoms with E-state index in [1.54, 1.807) is 0 Å². The van der Waals surface area contributed by atoms with Crippen molar-refractivity contribution in [1.82, 2.24) is 10.2 Å². The van der Waals surface area contributed by atoms with Gasteiger partial charge in [-0.1, -0.05) is 75.4 Å². The largest absolute Gasteiger partial charge is 0.491 e. The number of rotatable bonds is 12. The van der Waals surface area contributed by atoms with Gasteiger partial charge in [-0.2, -0.15) is 0 Å². The molecule has 0 radical (unpaired) electrons. The number of aliphatic carboxylic acids is 1. The fraction of sp³-hybridized carbons (Fsp3) is 0.400. The summed E-state index contributed by atoms with van der Waals surface area (Å²) in [6.07, 6.45) is 1.81. The molecule has 0 aliphatic carbocycles. The third-order valence-electron chi connectivity index (χ3n) is 7.06. The van der Waals surface area contributed by atoms with Crippen molar-refractivity contribution in [2.24, 2.45) is 0 Å². The molecule has 0 spiro atoms. The highest BCUT2D eigenvalue weighted by Gasteiger charge is 2.17. The molecule has 0 fully saturated rings. The maximum absolute atomic E-state index is 12.9. The zero-order valence-electron chi connectivity index (χ0n) is 25.8. The minimum Gasteiger partial charge on any atom is -0.491 e. The average Bonchev–Trinajstić information content (AvgIpc) is 2.92. The Hall–Kier alpha value is -4.13. The van der Waals surface area contributed by atoms with Crippen LogP contribution in [0.15, 0.2) is 66.7 Å². The zero-order valence-corrected chi connectivity index (χ0v) is 25.8. The number of hydrogen-bond donors (Lipinski definition) is 3. The van der Waals surface area contributed by atoms with Gasteiger partial charge in [0.1, 0.15) is 11.6 Å². The smallest absolute Gasteiger partial charge is 0.323 e. The lowest BCUT2D eigenvalue weighted by atomic mass is 9.87. The lowest BCUT2D eigenvalue weighted by Gasteiger charge is -2.22. The number of carboxylic acids is 1. The number of carbonyl (C=O) groups is 2. The molecule has 0 bridgehead atoms. The summed E-state index contributed by atoms with van der Waals surface area (Å²) >= 11 is 0. The fourth-order valence-corrected chi connectivity index (χ4v) is 4.78. The second kappa shape index (κ2) is 14.7. The molecule has 0 saturated carbocycles. The summed E-state index contributed by atoms with van der Waals surface area (Å²) in [5.74, 6) is -0.0106. The van der Waals surface area contributed by atoms with Gasteiger partial charge in [0.15, 0.2) is 0 Å². The molecule has 0 atom stereocenters. The Bertz CT molecular complexity index is 1370. The Morgan fingerprint density at radius 3 is 2.29 bits per heavy atom. The number of carbonyl (C=O) groups excluding carboxylic acids is 1. The third kappa shape index (κ3) is 9.47. The first kappa shape index (κ1) is 32.4. The van der Waals surface area contributed by atoms with Crippen molar-refractivity contribution in [2.75, 3.05) is 6.54 Å². The van der Waals surface area contributed by atoms with E-state index in [0.29, 0.717) is 36.7 Å². The molecule has 224 valence electrons. The van der Waals surface area contributed by atoms with Crippen LogP contribution in [0.4, 0.5) is 4.79 Å². The third-order valence-corrected chi connectivity index (χ3v) is 7.06. The van der Waals surface area contributed by atoms with E-state index in [9.17, 15) is 14.7 Å². The second-order valence-electron chi connectivity index (χ2n) is 11.9. The number of nitrogens with zero attached hydrogens (tertiary/aromatic N) is 1. The molecule has 0 unspecified atom stereocenters. The Kier molecular flexibility index (Phi) is 11.3. The first-order valence-electron chi connectivity index (χ1n) is 14.7. The Balaban J connectivity index is 1.57. The van der Waals surface area contributed by atoms with E-state index >= 15 is 0 Å². The van der Waals surface area contributed by atoms with E-state index in [4.69, 9.17) is 10.1 Å². The van der Waals surface area contributed by atoms with Crippen molar-refractivity contribution >= 4 is 17.8 Å². The van der Waals surface area contributed by atoms with Crippen LogP contribution in [0, 0.1) is 5.41 Å². The summed E-state index contributed by atoms with van der Waals surface area (Å²) in [5.41, 5.74) is 6.04. The molecule has 0 heterocycles. The molecule has 3 N–H and O–H groups in total. The first-order chi connectivity index (χ1) is 19.9. The van der Waals surface area contributed by atoms with Crippen molar-refractivity contribution in [3.63, 3.8) is 0 Å². The van der Waals surface area contributed by atoms with Crippen LogP contribution in [0.5, 0.6) is 5.75 Å². The van der Waals surface area contributed by atoms with Gasteiger partial charge in [-0.05, 0) is 79.0 Å². The number of urea groups is 1. The Morgan fingerprint density at radius 2 is 1.67 bits per heavy atom.